The maximum Gasteiger partial charge on any atom is 0.225 e. The van der Waals surface area contributed by atoms with Crippen molar-refractivity contribution in [1.82, 2.24) is 9.97 Å². The van der Waals surface area contributed by atoms with Gasteiger partial charge in [0.2, 0.25) is 5.95 Å². The molecule has 110 valence electrons. The first-order chi connectivity index (χ1) is 9.73. The Morgan fingerprint density at radius 1 is 1.30 bits per heavy atom. The van der Waals surface area contributed by atoms with Crippen molar-refractivity contribution in [2.24, 2.45) is 0 Å². The number of aliphatic hydroxyl groups is 1. The molecule has 0 amide bonds. The fourth-order valence-corrected chi connectivity index (χ4v) is 3.16. The Morgan fingerprint density at radius 2 is 2.10 bits per heavy atom. The van der Waals surface area contributed by atoms with Gasteiger partial charge in [0.05, 0.1) is 12.0 Å². The summed E-state index contributed by atoms with van der Waals surface area (Å²) in [6.45, 7) is 5.89. The molecule has 0 fully saturated rings. The number of thiophene rings is 1. The molecule has 0 radical (unpaired) electrons. The maximum atomic E-state index is 9.28. The van der Waals surface area contributed by atoms with Gasteiger partial charge >= 0.3 is 0 Å². The van der Waals surface area contributed by atoms with Crippen LogP contribution in [0, 0.1) is 0 Å². The van der Waals surface area contributed by atoms with Crippen molar-refractivity contribution in [2.75, 3.05) is 37.0 Å². The number of aryl methyl sites for hydroxylation is 1. The average Bonchev–Trinajstić information content (AvgIpc) is 2.89. The SMILES string of the molecule is CCCN(CCO)c1nc(NC)nc2sc(CC)cc12. The fourth-order valence-electron chi connectivity index (χ4n) is 2.20. The molecule has 2 aromatic heterocycles. The summed E-state index contributed by atoms with van der Waals surface area (Å²) in [5.41, 5.74) is 0. The summed E-state index contributed by atoms with van der Waals surface area (Å²) < 4.78 is 0. The summed E-state index contributed by atoms with van der Waals surface area (Å²) in [7, 11) is 1.83. The highest BCUT2D eigenvalue weighted by Crippen LogP contribution is 2.32. The number of rotatable bonds is 7. The number of hydrogen-bond donors (Lipinski definition) is 2. The second-order valence-corrected chi connectivity index (χ2v) is 5.73. The Morgan fingerprint density at radius 3 is 2.70 bits per heavy atom. The van der Waals surface area contributed by atoms with E-state index in [0.29, 0.717) is 12.5 Å². The van der Waals surface area contributed by atoms with E-state index in [0.717, 1.165) is 35.4 Å². The van der Waals surface area contributed by atoms with Gasteiger partial charge < -0.3 is 15.3 Å². The molecule has 6 heteroatoms. The molecular weight excluding hydrogens is 272 g/mol. The second kappa shape index (κ2) is 6.85. The zero-order valence-corrected chi connectivity index (χ0v) is 13.1. The summed E-state index contributed by atoms with van der Waals surface area (Å²) >= 11 is 1.71. The molecule has 0 aliphatic rings. The number of fused-ring (bicyclic) bond motifs is 1. The van der Waals surface area contributed by atoms with Crippen LogP contribution in [-0.4, -0.2) is 41.8 Å². The molecule has 0 saturated carbocycles. The second-order valence-electron chi connectivity index (χ2n) is 4.62. The van der Waals surface area contributed by atoms with Crippen LogP contribution in [0.2, 0.25) is 0 Å². The number of aliphatic hydroxyl groups excluding tert-OH is 1. The molecular formula is C14H22N4OS. The standard InChI is InChI=1S/C14H22N4OS/c1-4-6-18(7-8-19)12-11-9-10(5-2)20-13(11)17-14(15-3)16-12/h9,19H,4-8H2,1-3H3,(H,15,16,17). The first-order valence-electron chi connectivity index (χ1n) is 7.07. The highest BCUT2D eigenvalue weighted by atomic mass is 32.1. The molecule has 2 N–H and O–H groups in total. The van der Waals surface area contributed by atoms with Gasteiger partial charge in [-0.1, -0.05) is 13.8 Å². The predicted octanol–water partition coefficient (Wildman–Crippen LogP) is 2.50. The van der Waals surface area contributed by atoms with E-state index in [1.807, 2.05) is 7.05 Å². The first kappa shape index (κ1) is 15.0. The van der Waals surface area contributed by atoms with E-state index in [4.69, 9.17) is 0 Å². The van der Waals surface area contributed by atoms with Crippen LogP contribution in [0.1, 0.15) is 25.1 Å². The summed E-state index contributed by atoms with van der Waals surface area (Å²) in [5.74, 6) is 1.56. The van der Waals surface area contributed by atoms with E-state index < -0.39 is 0 Å². The third kappa shape index (κ3) is 3.02. The normalized spacial score (nSPS) is 11.0. The number of hydrogen-bond acceptors (Lipinski definition) is 6. The zero-order chi connectivity index (χ0) is 14.5. The van der Waals surface area contributed by atoms with Gasteiger partial charge in [-0.05, 0) is 18.9 Å². The largest absolute Gasteiger partial charge is 0.395 e. The minimum Gasteiger partial charge on any atom is -0.395 e. The molecule has 0 aromatic carbocycles. The lowest BCUT2D eigenvalue weighted by molar-refractivity contribution is 0.301. The van der Waals surface area contributed by atoms with E-state index >= 15 is 0 Å². The molecule has 2 aromatic rings. The molecule has 0 spiro atoms. The van der Waals surface area contributed by atoms with Gasteiger partial charge in [-0.15, -0.1) is 11.3 Å². The molecule has 0 bridgehead atoms. The molecule has 5 nitrogen and oxygen atoms in total. The smallest absolute Gasteiger partial charge is 0.225 e. The Balaban J connectivity index is 2.54. The summed E-state index contributed by atoms with van der Waals surface area (Å²) in [6.07, 6.45) is 2.02. The summed E-state index contributed by atoms with van der Waals surface area (Å²) in [4.78, 5) is 13.6. The number of anilines is 2. The van der Waals surface area contributed by atoms with Crippen LogP contribution >= 0.6 is 11.3 Å². The highest BCUT2D eigenvalue weighted by Gasteiger charge is 2.16. The topological polar surface area (TPSA) is 61.3 Å². The quantitative estimate of drug-likeness (QED) is 0.821. The Labute approximate surface area is 123 Å². The molecule has 0 saturated heterocycles. The Kier molecular flexibility index (Phi) is 5.14. The molecule has 2 rings (SSSR count). The minimum absolute atomic E-state index is 0.130. The monoisotopic (exact) mass is 294 g/mol. The Bertz CT molecular complexity index is 564. The predicted molar refractivity (Wildman–Crippen MR) is 85.9 cm³/mol. The third-order valence-corrected chi connectivity index (χ3v) is 4.33. The third-order valence-electron chi connectivity index (χ3n) is 3.16. The van der Waals surface area contributed by atoms with Gasteiger partial charge in [0.15, 0.2) is 0 Å². The molecule has 0 atom stereocenters. The highest BCUT2D eigenvalue weighted by molar-refractivity contribution is 7.18. The summed E-state index contributed by atoms with van der Waals surface area (Å²) in [6, 6.07) is 2.18. The van der Waals surface area contributed by atoms with Crippen LogP contribution in [0.25, 0.3) is 10.2 Å². The number of aromatic nitrogens is 2. The van der Waals surface area contributed by atoms with Gasteiger partial charge in [0.1, 0.15) is 10.6 Å². The van der Waals surface area contributed by atoms with Gasteiger partial charge in [0.25, 0.3) is 0 Å². The maximum absolute atomic E-state index is 9.28. The lowest BCUT2D eigenvalue weighted by Gasteiger charge is -2.23. The van der Waals surface area contributed by atoms with Crippen LogP contribution in [-0.2, 0) is 6.42 Å². The molecule has 0 aliphatic heterocycles. The van der Waals surface area contributed by atoms with E-state index in [1.165, 1.54) is 4.88 Å². The van der Waals surface area contributed by atoms with Gasteiger partial charge in [-0.3, -0.25) is 0 Å². The van der Waals surface area contributed by atoms with Crippen LogP contribution in [0.4, 0.5) is 11.8 Å². The van der Waals surface area contributed by atoms with Crippen molar-refractivity contribution in [1.29, 1.82) is 0 Å². The van der Waals surface area contributed by atoms with Crippen molar-refractivity contribution < 1.29 is 5.11 Å². The first-order valence-corrected chi connectivity index (χ1v) is 7.89. The van der Waals surface area contributed by atoms with E-state index in [1.54, 1.807) is 11.3 Å². The van der Waals surface area contributed by atoms with E-state index in [2.05, 4.69) is 40.1 Å². The molecule has 20 heavy (non-hydrogen) atoms. The van der Waals surface area contributed by atoms with Gasteiger partial charge in [0, 0.05) is 25.0 Å². The van der Waals surface area contributed by atoms with Crippen molar-refractivity contribution in [3.8, 4) is 0 Å². The fraction of sp³-hybridized carbons (Fsp3) is 0.571. The van der Waals surface area contributed by atoms with E-state index in [-0.39, 0.29) is 6.61 Å². The minimum atomic E-state index is 0.130. The van der Waals surface area contributed by atoms with Crippen LogP contribution < -0.4 is 10.2 Å². The molecule has 0 aliphatic carbocycles. The molecule has 2 heterocycles. The molecule has 0 unspecified atom stereocenters. The van der Waals surface area contributed by atoms with Gasteiger partial charge in [-0.25, -0.2) is 4.98 Å². The summed E-state index contributed by atoms with van der Waals surface area (Å²) in [5, 5.41) is 13.4. The lowest BCUT2D eigenvalue weighted by atomic mass is 10.3. The van der Waals surface area contributed by atoms with Crippen LogP contribution in [0.15, 0.2) is 6.07 Å². The van der Waals surface area contributed by atoms with E-state index in [9.17, 15) is 5.11 Å². The van der Waals surface area contributed by atoms with Crippen molar-refractivity contribution in [3.05, 3.63) is 10.9 Å². The zero-order valence-electron chi connectivity index (χ0n) is 12.3. The lowest BCUT2D eigenvalue weighted by Crippen LogP contribution is -2.28. The number of nitrogens with one attached hydrogen (secondary N) is 1. The van der Waals surface area contributed by atoms with Crippen molar-refractivity contribution in [2.45, 2.75) is 26.7 Å². The van der Waals surface area contributed by atoms with Gasteiger partial charge in [-0.2, -0.15) is 4.98 Å². The van der Waals surface area contributed by atoms with Crippen molar-refractivity contribution in [3.63, 3.8) is 0 Å². The van der Waals surface area contributed by atoms with Crippen LogP contribution in [0.5, 0.6) is 0 Å². The van der Waals surface area contributed by atoms with Crippen molar-refractivity contribution >= 4 is 33.3 Å². The number of nitrogens with zero attached hydrogens (tertiary/aromatic N) is 3. The van der Waals surface area contributed by atoms with Crippen LogP contribution in [0.3, 0.4) is 0 Å². The average molecular weight is 294 g/mol. The Hall–Kier alpha value is -1.40.